The Morgan fingerprint density at radius 3 is 2.40 bits per heavy atom. The summed E-state index contributed by atoms with van der Waals surface area (Å²) in [6.07, 6.45) is 0.375. The zero-order valence-electron chi connectivity index (χ0n) is 11.8. The van der Waals surface area contributed by atoms with Gasteiger partial charge in [0.1, 0.15) is 0 Å². The SMILES string of the molecule is CC(C)c1ccccc1NC(=O)Cc1ccc(S)cc1. The van der Waals surface area contributed by atoms with Crippen molar-refractivity contribution in [3.63, 3.8) is 0 Å². The normalized spacial score (nSPS) is 10.6. The third-order valence-electron chi connectivity index (χ3n) is 3.16. The van der Waals surface area contributed by atoms with E-state index in [0.29, 0.717) is 12.3 Å². The number of para-hydroxylation sites is 1. The number of carbonyl (C=O) groups excluding carboxylic acids is 1. The van der Waals surface area contributed by atoms with Crippen LogP contribution in [0.2, 0.25) is 0 Å². The van der Waals surface area contributed by atoms with Gasteiger partial charge >= 0.3 is 0 Å². The van der Waals surface area contributed by atoms with Gasteiger partial charge in [0.2, 0.25) is 5.91 Å². The topological polar surface area (TPSA) is 29.1 Å². The van der Waals surface area contributed by atoms with E-state index in [4.69, 9.17) is 0 Å². The second kappa shape index (κ2) is 6.62. The van der Waals surface area contributed by atoms with Gasteiger partial charge in [-0.1, -0.05) is 44.2 Å². The Hall–Kier alpha value is -1.74. The summed E-state index contributed by atoms with van der Waals surface area (Å²) in [7, 11) is 0. The van der Waals surface area contributed by atoms with E-state index in [0.717, 1.165) is 21.7 Å². The molecule has 0 spiro atoms. The lowest BCUT2D eigenvalue weighted by atomic mass is 10.0. The summed E-state index contributed by atoms with van der Waals surface area (Å²) in [6, 6.07) is 15.6. The molecular formula is C17H19NOS. The van der Waals surface area contributed by atoms with Gasteiger partial charge in [0.15, 0.2) is 0 Å². The number of nitrogens with one attached hydrogen (secondary N) is 1. The van der Waals surface area contributed by atoms with Crippen LogP contribution < -0.4 is 5.32 Å². The number of amides is 1. The number of carbonyl (C=O) groups is 1. The molecule has 1 amide bonds. The zero-order chi connectivity index (χ0) is 14.5. The number of hydrogen-bond donors (Lipinski definition) is 2. The van der Waals surface area contributed by atoms with E-state index >= 15 is 0 Å². The molecular weight excluding hydrogens is 266 g/mol. The van der Waals surface area contributed by atoms with Gasteiger partial charge in [-0.2, -0.15) is 0 Å². The van der Waals surface area contributed by atoms with Crippen LogP contribution in [0.3, 0.4) is 0 Å². The number of rotatable bonds is 4. The molecule has 0 aliphatic carbocycles. The van der Waals surface area contributed by atoms with E-state index in [9.17, 15) is 4.79 Å². The lowest BCUT2D eigenvalue weighted by Crippen LogP contribution is -2.15. The van der Waals surface area contributed by atoms with Gasteiger partial charge in [-0.05, 0) is 35.2 Å². The van der Waals surface area contributed by atoms with E-state index in [1.165, 1.54) is 0 Å². The van der Waals surface area contributed by atoms with Crippen molar-refractivity contribution < 1.29 is 4.79 Å². The molecule has 104 valence electrons. The first-order chi connectivity index (χ1) is 9.56. The largest absolute Gasteiger partial charge is 0.326 e. The van der Waals surface area contributed by atoms with Gasteiger partial charge in [0.05, 0.1) is 6.42 Å². The van der Waals surface area contributed by atoms with Crippen LogP contribution in [-0.4, -0.2) is 5.91 Å². The molecule has 0 heterocycles. The van der Waals surface area contributed by atoms with Crippen molar-refractivity contribution in [1.29, 1.82) is 0 Å². The Balaban J connectivity index is 2.07. The van der Waals surface area contributed by atoms with Gasteiger partial charge < -0.3 is 5.32 Å². The summed E-state index contributed by atoms with van der Waals surface area (Å²) in [5.41, 5.74) is 3.05. The number of benzene rings is 2. The van der Waals surface area contributed by atoms with Crippen LogP contribution in [0.25, 0.3) is 0 Å². The van der Waals surface area contributed by atoms with E-state index in [-0.39, 0.29) is 5.91 Å². The summed E-state index contributed by atoms with van der Waals surface area (Å²) in [5.74, 6) is 0.389. The molecule has 2 aromatic carbocycles. The van der Waals surface area contributed by atoms with Crippen molar-refractivity contribution in [2.45, 2.75) is 31.1 Å². The Morgan fingerprint density at radius 2 is 1.75 bits per heavy atom. The van der Waals surface area contributed by atoms with Crippen LogP contribution in [0, 0.1) is 0 Å². The highest BCUT2D eigenvalue weighted by atomic mass is 32.1. The molecule has 3 heteroatoms. The fourth-order valence-corrected chi connectivity index (χ4v) is 2.26. The van der Waals surface area contributed by atoms with Gasteiger partial charge in [0, 0.05) is 10.6 Å². The highest BCUT2D eigenvalue weighted by Gasteiger charge is 2.09. The molecule has 20 heavy (non-hydrogen) atoms. The maximum Gasteiger partial charge on any atom is 0.228 e. The number of anilines is 1. The molecule has 2 aromatic rings. The fourth-order valence-electron chi connectivity index (χ4n) is 2.11. The minimum atomic E-state index is 0.00464. The van der Waals surface area contributed by atoms with Gasteiger partial charge in [-0.15, -0.1) is 12.6 Å². The predicted octanol–water partition coefficient (Wildman–Crippen LogP) is 4.28. The molecule has 0 saturated heterocycles. The molecule has 0 aliphatic heterocycles. The first kappa shape index (κ1) is 14.7. The average Bonchev–Trinajstić information content (AvgIpc) is 2.41. The third-order valence-corrected chi connectivity index (χ3v) is 3.46. The summed E-state index contributed by atoms with van der Waals surface area (Å²) in [6.45, 7) is 4.24. The molecule has 0 aliphatic rings. The Kier molecular flexibility index (Phi) is 4.85. The quantitative estimate of drug-likeness (QED) is 0.807. The predicted molar refractivity (Wildman–Crippen MR) is 86.6 cm³/mol. The average molecular weight is 285 g/mol. The summed E-state index contributed by atoms with van der Waals surface area (Å²) in [4.78, 5) is 13.0. The molecule has 0 atom stereocenters. The molecule has 0 radical (unpaired) electrons. The highest BCUT2D eigenvalue weighted by molar-refractivity contribution is 7.80. The molecule has 0 bridgehead atoms. The zero-order valence-corrected chi connectivity index (χ0v) is 12.7. The van der Waals surface area contributed by atoms with Crippen LogP contribution in [0.15, 0.2) is 53.4 Å². The van der Waals surface area contributed by atoms with Crippen LogP contribution in [0.1, 0.15) is 30.9 Å². The van der Waals surface area contributed by atoms with Crippen molar-refractivity contribution in [3.8, 4) is 0 Å². The molecule has 0 saturated carbocycles. The number of hydrogen-bond acceptors (Lipinski definition) is 2. The van der Waals surface area contributed by atoms with Gasteiger partial charge in [-0.3, -0.25) is 4.79 Å². The van der Waals surface area contributed by atoms with Crippen LogP contribution >= 0.6 is 12.6 Å². The van der Waals surface area contributed by atoms with Crippen molar-refractivity contribution >= 4 is 24.2 Å². The minimum absolute atomic E-state index is 0.00464. The first-order valence-corrected chi connectivity index (χ1v) is 7.17. The molecule has 0 aromatic heterocycles. The lowest BCUT2D eigenvalue weighted by Gasteiger charge is -2.13. The smallest absolute Gasteiger partial charge is 0.228 e. The van der Waals surface area contributed by atoms with Crippen LogP contribution in [0.5, 0.6) is 0 Å². The lowest BCUT2D eigenvalue weighted by molar-refractivity contribution is -0.115. The Morgan fingerprint density at radius 1 is 1.10 bits per heavy atom. The van der Waals surface area contributed by atoms with Crippen molar-refractivity contribution in [2.75, 3.05) is 5.32 Å². The highest BCUT2D eigenvalue weighted by Crippen LogP contribution is 2.23. The second-order valence-corrected chi connectivity index (χ2v) is 5.65. The molecule has 1 N–H and O–H groups in total. The number of thiol groups is 1. The minimum Gasteiger partial charge on any atom is -0.326 e. The maximum absolute atomic E-state index is 12.1. The van der Waals surface area contributed by atoms with E-state index in [1.807, 2.05) is 42.5 Å². The van der Waals surface area contributed by atoms with Crippen molar-refractivity contribution in [2.24, 2.45) is 0 Å². The van der Waals surface area contributed by atoms with Crippen molar-refractivity contribution in [3.05, 3.63) is 59.7 Å². The molecule has 0 unspecified atom stereocenters. The van der Waals surface area contributed by atoms with Gasteiger partial charge in [-0.25, -0.2) is 0 Å². The Bertz CT molecular complexity index is 590. The monoisotopic (exact) mass is 285 g/mol. The summed E-state index contributed by atoms with van der Waals surface area (Å²) >= 11 is 4.24. The van der Waals surface area contributed by atoms with Crippen LogP contribution in [-0.2, 0) is 11.2 Å². The third kappa shape index (κ3) is 3.87. The molecule has 2 rings (SSSR count). The standard InChI is InChI=1S/C17H19NOS/c1-12(2)15-5-3-4-6-16(15)18-17(19)11-13-7-9-14(20)10-8-13/h3-10,12,20H,11H2,1-2H3,(H,18,19). The molecule has 2 nitrogen and oxygen atoms in total. The van der Waals surface area contributed by atoms with E-state index in [2.05, 4.69) is 37.9 Å². The van der Waals surface area contributed by atoms with Gasteiger partial charge in [0.25, 0.3) is 0 Å². The van der Waals surface area contributed by atoms with Crippen LogP contribution in [0.4, 0.5) is 5.69 Å². The van der Waals surface area contributed by atoms with E-state index in [1.54, 1.807) is 0 Å². The Labute approximate surface area is 125 Å². The fraction of sp³-hybridized carbons (Fsp3) is 0.235. The summed E-state index contributed by atoms with van der Waals surface area (Å²) in [5, 5.41) is 3.00. The first-order valence-electron chi connectivity index (χ1n) is 6.73. The second-order valence-electron chi connectivity index (χ2n) is 5.13. The molecule has 0 fully saturated rings. The maximum atomic E-state index is 12.1. The van der Waals surface area contributed by atoms with E-state index < -0.39 is 0 Å². The van der Waals surface area contributed by atoms with Crippen molar-refractivity contribution in [1.82, 2.24) is 0 Å². The summed E-state index contributed by atoms with van der Waals surface area (Å²) < 4.78 is 0.